The first-order valence-electron chi connectivity index (χ1n) is 5.56. The lowest BCUT2D eigenvalue weighted by molar-refractivity contribution is 0.111. The second kappa shape index (κ2) is 3.80. The summed E-state index contributed by atoms with van der Waals surface area (Å²) < 4.78 is 7.30. The number of aldehydes is 1. The number of nitrogens with zero attached hydrogens (tertiary/aromatic N) is 3. The third-order valence-electron chi connectivity index (χ3n) is 2.82. The maximum Gasteiger partial charge on any atom is 0.192 e. The minimum Gasteiger partial charge on any atom is -0.441 e. The van der Waals surface area contributed by atoms with Gasteiger partial charge in [-0.05, 0) is 19.1 Å². The van der Waals surface area contributed by atoms with Crippen LogP contribution < -0.4 is 0 Å². The maximum absolute atomic E-state index is 10.9. The molecule has 0 aliphatic heterocycles. The predicted octanol–water partition coefficient (Wildman–Crippen LogP) is 2.42. The van der Waals surface area contributed by atoms with Gasteiger partial charge in [0, 0.05) is 18.7 Å². The molecule has 0 unspecified atom stereocenters. The molecule has 3 rings (SSSR count). The Bertz CT molecular complexity index is 740. The maximum atomic E-state index is 10.9. The SMILES string of the molecule is Cc1nc(C)c(-c2ccc3ncc(C=O)n3c2)o1. The summed E-state index contributed by atoms with van der Waals surface area (Å²) in [5, 5.41) is 0. The summed E-state index contributed by atoms with van der Waals surface area (Å²) in [6, 6.07) is 3.75. The highest BCUT2D eigenvalue weighted by Gasteiger charge is 2.11. The Morgan fingerprint density at radius 3 is 2.83 bits per heavy atom. The lowest BCUT2D eigenvalue weighted by atomic mass is 10.2. The number of hydrogen-bond acceptors (Lipinski definition) is 4. The van der Waals surface area contributed by atoms with Crippen LogP contribution in [0.2, 0.25) is 0 Å². The van der Waals surface area contributed by atoms with Crippen molar-refractivity contribution in [2.45, 2.75) is 13.8 Å². The number of aromatic nitrogens is 3. The van der Waals surface area contributed by atoms with Crippen LogP contribution in [0.25, 0.3) is 17.0 Å². The molecule has 5 nitrogen and oxygen atoms in total. The number of fused-ring (bicyclic) bond motifs is 1. The van der Waals surface area contributed by atoms with Crippen molar-refractivity contribution in [3.8, 4) is 11.3 Å². The lowest BCUT2D eigenvalue weighted by Gasteiger charge is -2.00. The summed E-state index contributed by atoms with van der Waals surface area (Å²) in [5.74, 6) is 1.35. The normalized spacial score (nSPS) is 11.0. The average molecular weight is 241 g/mol. The number of pyridine rings is 1. The Morgan fingerprint density at radius 2 is 2.17 bits per heavy atom. The van der Waals surface area contributed by atoms with Crippen LogP contribution in [0.15, 0.2) is 28.9 Å². The van der Waals surface area contributed by atoms with Crippen LogP contribution >= 0.6 is 0 Å². The number of carbonyl (C=O) groups is 1. The van der Waals surface area contributed by atoms with Crippen molar-refractivity contribution in [1.29, 1.82) is 0 Å². The van der Waals surface area contributed by atoms with Crippen LogP contribution in [-0.4, -0.2) is 20.7 Å². The standard InChI is InChI=1S/C13H11N3O2/c1-8-13(18-9(2)15-8)10-3-4-12-14-5-11(7-17)16(12)6-10/h3-7H,1-2H3. The fourth-order valence-electron chi connectivity index (χ4n) is 2.02. The van der Waals surface area contributed by atoms with Gasteiger partial charge in [0.1, 0.15) is 11.3 Å². The topological polar surface area (TPSA) is 60.4 Å². The third kappa shape index (κ3) is 1.52. The van der Waals surface area contributed by atoms with Crippen LogP contribution in [0.1, 0.15) is 22.1 Å². The molecule has 5 heteroatoms. The lowest BCUT2D eigenvalue weighted by Crippen LogP contribution is -1.91. The van der Waals surface area contributed by atoms with Gasteiger partial charge in [0.25, 0.3) is 0 Å². The van der Waals surface area contributed by atoms with E-state index in [9.17, 15) is 4.79 Å². The van der Waals surface area contributed by atoms with Crippen LogP contribution in [0.4, 0.5) is 0 Å². The van der Waals surface area contributed by atoms with Crippen molar-refractivity contribution in [2.24, 2.45) is 0 Å². The smallest absolute Gasteiger partial charge is 0.192 e. The van der Waals surface area contributed by atoms with Crippen molar-refractivity contribution in [3.63, 3.8) is 0 Å². The van der Waals surface area contributed by atoms with E-state index in [0.29, 0.717) is 11.6 Å². The summed E-state index contributed by atoms with van der Waals surface area (Å²) in [7, 11) is 0. The highest BCUT2D eigenvalue weighted by molar-refractivity contribution is 5.75. The third-order valence-corrected chi connectivity index (χ3v) is 2.82. The first-order valence-corrected chi connectivity index (χ1v) is 5.56. The first-order chi connectivity index (χ1) is 8.69. The largest absolute Gasteiger partial charge is 0.441 e. The van der Waals surface area contributed by atoms with E-state index in [1.807, 2.05) is 32.2 Å². The van der Waals surface area contributed by atoms with Crippen molar-refractivity contribution in [3.05, 3.63) is 41.8 Å². The monoisotopic (exact) mass is 241 g/mol. The Kier molecular flexibility index (Phi) is 2.26. The molecule has 3 aromatic rings. The zero-order valence-electron chi connectivity index (χ0n) is 10.0. The summed E-state index contributed by atoms with van der Waals surface area (Å²) in [4.78, 5) is 19.3. The van der Waals surface area contributed by atoms with Gasteiger partial charge in [0.05, 0.1) is 11.9 Å². The van der Waals surface area contributed by atoms with Crippen molar-refractivity contribution in [1.82, 2.24) is 14.4 Å². The van der Waals surface area contributed by atoms with Crippen molar-refractivity contribution >= 4 is 11.9 Å². The molecule has 18 heavy (non-hydrogen) atoms. The molecule has 3 heterocycles. The van der Waals surface area contributed by atoms with Gasteiger partial charge in [-0.3, -0.25) is 9.20 Å². The van der Waals surface area contributed by atoms with Crippen LogP contribution in [0.3, 0.4) is 0 Å². The molecule has 0 fully saturated rings. The van der Waals surface area contributed by atoms with Gasteiger partial charge in [-0.2, -0.15) is 0 Å². The molecule has 0 saturated heterocycles. The van der Waals surface area contributed by atoms with E-state index in [0.717, 1.165) is 29.0 Å². The second-order valence-corrected chi connectivity index (χ2v) is 4.09. The van der Waals surface area contributed by atoms with E-state index in [1.54, 1.807) is 10.6 Å². The van der Waals surface area contributed by atoms with Crippen LogP contribution in [0, 0.1) is 13.8 Å². The summed E-state index contributed by atoms with van der Waals surface area (Å²) in [6.07, 6.45) is 4.16. The predicted molar refractivity (Wildman–Crippen MR) is 65.6 cm³/mol. The van der Waals surface area contributed by atoms with Crippen LogP contribution in [0.5, 0.6) is 0 Å². The Labute approximate surface area is 103 Å². The second-order valence-electron chi connectivity index (χ2n) is 4.09. The number of imidazole rings is 1. The zero-order valence-corrected chi connectivity index (χ0v) is 10.0. The minimum atomic E-state index is 0.515. The fraction of sp³-hybridized carbons (Fsp3) is 0.154. The minimum absolute atomic E-state index is 0.515. The highest BCUT2D eigenvalue weighted by Crippen LogP contribution is 2.24. The van der Waals surface area contributed by atoms with E-state index in [-0.39, 0.29) is 0 Å². The number of carbonyl (C=O) groups excluding carboxylic acids is 1. The van der Waals surface area contributed by atoms with Gasteiger partial charge in [0.2, 0.25) is 0 Å². The molecular formula is C13H11N3O2. The van der Waals surface area contributed by atoms with E-state index in [2.05, 4.69) is 9.97 Å². The van der Waals surface area contributed by atoms with Crippen molar-refractivity contribution in [2.75, 3.05) is 0 Å². The van der Waals surface area contributed by atoms with E-state index in [1.165, 1.54) is 0 Å². The molecule has 0 radical (unpaired) electrons. The molecule has 90 valence electrons. The molecule has 0 aromatic carbocycles. The molecule has 0 atom stereocenters. The number of rotatable bonds is 2. The Balaban J connectivity index is 2.23. The van der Waals surface area contributed by atoms with Gasteiger partial charge < -0.3 is 4.42 Å². The molecule has 0 aliphatic rings. The molecule has 0 N–H and O–H groups in total. The van der Waals surface area contributed by atoms with Gasteiger partial charge in [-0.25, -0.2) is 9.97 Å². The zero-order chi connectivity index (χ0) is 12.7. The molecule has 0 saturated carbocycles. The van der Waals surface area contributed by atoms with Gasteiger partial charge in [-0.1, -0.05) is 0 Å². The van der Waals surface area contributed by atoms with Crippen molar-refractivity contribution < 1.29 is 9.21 Å². The van der Waals surface area contributed by atoms with Crippen LogP contribution in [-0.2, 0) is 0 Å². The number of aryl methyl sites for hydroxylation is 2. The number of oxazole rings is 1. The van der Waals surface area contributed by atoms with E-state index < -0.39 is 0 Å². The molecule has 0 aliphatic carbocycles. The highest BCUT2D eigenvalue weighted by atomic mass is 16.4. The molecule has 3 aromatic heterocycles. The average Bonchev–Trinajstić information content (AvgIpc) is 2.91. The molecular weight excluding hydrogens is 230 g/mol. The Hall–Kier alpha value is -2.43. The molecule has 0 bridgehead atoms. The molecule has 0 spiro atoms. The summed E-state index contributed by atoms with van der Waals surface area (Å²) in [5.41, 5.74) is 2.96. The number of hydrogen-bond donors (Lipinski definition) is 0. The van der Waals surface area contributed by atoms with E-state index in [4.69, 9.17) is 4.42 Å². The van der Waals surface area contributed by atoms with Gasteiger partial charge in [0.15, 0.2) is 17.9 Å². The Morgan fingerprint density at radius 1 is 1.33 bits per heavy atom. The quantitative estimate of drug-likeness (QED) is 0.646. The first kappa shape index (κ1) is 10.7. The van der Waals surface area contributed by atoms with E-state index >= 15 is 0 Å². The summed E-state index contributed by atoms with van der Waals surface area (Å²) in [6.45, 7) is 3.70. The van der Waals surface area contributed by atoms with Gasteiger partial charge in [-0.15, -0.1) is 0 Å². The fourth-order valence-corrected chi connectivity index (χ4v) is 2.02. The van der Waals surface area contributed by atoms with Gasteiger partial charge >= 0.3 is 0 Å². The summed E-state index contributed by atoms with van der Waals surface area (Å²) >= 11 is 0. The molecule has 0 amide bonds.